The molecule has 4 rings (SSSR count). The normalized spacial score (nSPS) is 24.2. The van der Waals surface area contributed by atoms with Crippen LogP contribution in [0.3, 0.4) is 0 Å². The maximum absolute atomic E-state index is 3.95. The minimum atomic E-state index is 0.215. The Hall–Kier alpha value is -3.98. The Morgan fingerprint density at radius 3 is 2.67 bits per heavy atom. The predicted molar refractivity (Wildman–Crippen MR) is 197 cm³/mol. The molecule has 0 saturated carbocycles. The Labute approximate surface area is 273 Å². The highest BCUT2D eigenvalue weighted by atomic mass is 15.4. The van der Waals surface area contributed by atoms with Crippen LogP contribution in [0.25, 0.3) is 0 Å². The summed E-state index contributed by atoms with van der Waals surface area (Å²) in [7, 11) is 0. The van der Waals surface area contributed by atoms with E-state index in [0.717, 1.165) is 44.9 Å². The van der Waals surface area contributed by atoms with Crippen LogP contribution in [-0.2, 0) is 0 Å². The fourth-order valence-corrected chi connectivity index (χ4v) is 6.07. The van der Waals surface area contributed by atoms with E-state index < -0.39 is 0 Å². The SMILES string of the molecule is C=C/C=C\C1=C(C2=CC(C3=CCC(NNC(/C=C\CC(C)C=C)CC=C)C=C3)CC=C2)C/C(=C\C=C/C)C(C2=CC=CCC2)=C1. The quantitative estimate of drug-likeness (QED) is 0.112. The lowest BCUT2D eigenvalue weighted by Crippen LogP contribution is -2.45. The van der Waals surface area contributed by atoms with Gasteiger partial charge in [0.1, 0.15) is 0 Å². The first kappa shape index (κ1) is 33.9. The zero-order valence-electron chi connectivity index (χ0n) is 27.4. The molecule has 4 aliphatic carbocycles. The standard InChI is InChI=1S/C43H52N2/c1-6-10-19-38-32-43(39(20-11-7-2)31-42(38)35-21-13-12-14-22-35)37-24-16-23-36(30-37)34-26-28-41(29-27-34)45-44-40(17-8-3)25-15-18-33(5)9-4/h6-13,15-16,19-21,24-28,30-31,33,36,40-41,44-45H,2-4,14,17-18,22-23,29,32H2,1,5H3/b10-6-,20-11-,25-15-,38-19+. The molecule has 0 aromatic heterocycles. The number of hydrazine groups is 1. The second kappa shape index (κ2) is 18.1. The van der Waals surface area contributed by atoms with Gasteiger partial charge >= 0.3 is 0 Å². The molecule has 0 amide bonds. The maximum Gasteiger partial charge on any atom is 0.0430 e. The molecular formula is C43H52N2. The van der Waals surface area contributed by atoms with Crippen molar-refractivity contribution in [2.45, 2.75) is 70.9 Å². The van der Waals surface area contributed by atoms with Gasteiger partial charge in [0.15, 0.2) is 0 Å². The number of rotatable bonds is 15. The zero-order chi connectivity index (χ0) is 31.9. The first-order valence-corrected chi connectivity index (χ1v) is 16.7. The van der Waals surface area contributed by atoms with E-state index in [9.17, 15) is 0 Å². The minimum Gasteiger partial charge on any atom is -0.250 e. The summed E-state index contributed by atoms with van der Waals surface area (Å²) in [6.45, 7) is 16.0. The van der Waals surface area contributed by atoms with E-state index in [-0.39, 0.29) is 12.1 Å². The molecule has 2 N–H and O–H groups in total. The van der Waals surface area contributed by atoms with Gasteiger partial charge in [-0.3, -0.25) is 10.9 Å². The Bertz CT molecular complexity index is 1450. The zero-order valence-corrected chi connectivity index (χ0v) is 27.4. The van der Waals surface area contributed by atoms with E-state index >= 15 is 0 Å². The third kappa shape index (κ3) is 10.0. The molecule has 0 aromatic rings. The fraction of sp³-hybridized carbons (Fsp3) is 0.302. The summed E-state index contributed by atoms with van der Waals surface area (Å²) in [5.74, 6) is 0.856. The van der Waals surface area contributed by atoms with Crippen molar-refractivity contribution < 1.29 is 0 Å². The first-order valence-electron chi connectivity index (χ1n) is 16.7. The van der Waals surface area contributed by atoms with Gasteiger partial charge < -0.3 is 0 Å². The third-order valence-corrected chi connectivity index (χ3v) is 8.75. The summed E-state index contributed by atoms with van der Waals surface area (Å²) in [4.78, 5) is 0. The van der Waals surface area contributed by atoms with Gasteiger partial charge in [-0.05, 0) is 103 Å². The molecule has 234 valence electrons. The largest absolute Gasteiger partial charge is 0.250 e. The summed E-state index contributed by atoms with van der Waals surface area (Å²) < 4.78 is 0. The van der Waals surface area contributed by atoms with Gasteiger partial charge in [-0.2, -0.15) is 0 Å². The molecule has 2 nitrogen and oxygen atoms in total. The van der Waals surface area contributed by atoms with Crippen LogP contribution in [0.5, 0.6) is 0 Å². The lowest BCUT2D eigenvalue weighted by molar-refractivity contribution is 0.437. The molecule has 4 aliphatic rings. The highest BCUT2D eigenvalue weighted by Gasteiger charge is 2.24. The van der Waals surface area contributed by atoms with Gasteiger partial charge in [0, 0.05) is 18.0 Å². The summed E-state index contributed by atoms with van der Waals surface area (Å²) >= 11 is 0. The van der Waals surface area contributed by atoms with Crippen molar-refractivity contribution >= 4 is 0 Å². The second-order valence-corrected chi connectivity index (χ2v) is 12.2. The smallest absolute Gasteiger partial charge is 0.0430 e. The molecule has 4 atom stereocenters. The highest BCUT2D eigenvalue weighted by Crippen LogP contribution is 2.41. The number of hydrogen-bond acceptors (Lipinski definition) is 2. The fourth-order valence-electron chi connectivity index (χ4n) is 6.07. The van der Waals surface area contributed by atoms with Crippen LogP contribution in [-0.4, -0.2) is 12.1 Å². The minimum absolute atomic E-state index is 0.215. The number of nitrogens with one attached hydrogen (secondary N) is 2. The second-order valence-electron chi connectivity index (χ2n) is 12.2. The summed E-state index contributed by atoms with van der Waals surface area (Å²) in [5, 5.41) is 0. The van der Waals surface area contributed by atoms with Crippen LogP contribution < -0.4 is 10.9 Å². The van der Waals surface area contributed by atoms with E-state index in [4.69, 9.17) is 0 Å². The monoisotopic (exact) mass is 596 g/mol. The number of hydrogen-bond donors (Lipinski definition) is 2. The van der Waals surface area contributed by atoms with Crippen LogP contribution in [0.15, 0.2) is 180 Å². The molecule has 0 saturated heterocycles. The van der Waals surface area contributed by atoms with E-state index in [1.807, 2.05) is 18.2 Å². The highest BCUT2D eigenvalue weighted by molar-refractivity contribution is 5.65. The van der Waals surface area contributed by atoms with E-state index in [2.05, 4.69) is 148 Å². The van der Waals surface area contributed by atoms with Crippen LogP contribution in [0.4, 0.5) is 0 Å². The van der Waals surface area contributed by atoms with Crippen molar-refractivity contribution in [3.63, 3.8) is 0 Å². The van der Waals surface area contributed by atoms with E-state index in [1.165, 1.54) is 39.0 Å². The lowest BCUT2D eigenvalue weighted by Gasteiger charge is -2.28. The van der Waals surface area contributed by atoms with E-state index in [0.29, 0.717) is 11.8 Å². The van der Waals surface area contributed by atoms with Crippen molar-refractivity contribution in [1.29, 1.82) is 0 Å². The molecule has 2 heteroatoms. The Morgan fingerprint density at radius 1 is 1.07 bits per heavy atom. The van der Waals surface area contributed by atoms with Gasteiger partial charge in [-0.25, -0.2) is 0 Å². The molecule has 0 heterocycles. The Balaban J connectivity index is 1.50. The molecule has 0 bridgehead atoms. The molecule has 45 heavy (non-hydrogen) atoms. The molecule has 0 fully saturated rings. The van der Waals surface area contributed by atoms with Crippen molar-refractivity contribution in [3.05, 3.63) is 180 Å². The maximum atomic E-state index is 3.95. The van der Waals surface area contributed by atoms with Gasteiger partial charge in [0.05, 0.1) is 0 Å². The molecular weight excluding hydrogens is 544 g/mol. The van der Waals surface area contributed by atoms with Crippen LogP contribution in [0.1, 0.15) is 58.8 Å². The van der Waals surface area contributed by atoms with Crippen molar-refractivity contribution in [2.75, 3.05) is 0 Å². The predicted octanol–water partition coefficient (Wildman–Crippen LogP) is 10.7. The molecule has 0 spiro atoms. The lowest BCUT2D eigenvalue weighted by atomic mass is 9.77. The van der Waals surface area contributed by atoms with Crippen molar-refractivity contribution in [2.24, 2.45) is 11.8 Å². The topological polar surface area (TPSA) is 24.1 Å². The Kier molecular flexibility index (Phi) is 13.6. The molecule has 4 unspecified atom stereocenters. The van der Waals surface area contributed by atoms with Crippen LogP contribution >= 0.6 is 0 Å². The summed E-state index contributed by atoms with van der Waals surface area (Å²) in [6.07, 6.45) is 51.5. The summed E-state index contributed by atoms with van der Waals surface area (Å²) in [6, 6.07) is 0.472. The molecule has 0 aliphatic heterocycles. The van der Waals surface area contributed by atoms with Crippen molar-refractivity contribution in [1.82, 2.24) is 10.9 Å². The first-order chi connectivity index (χ1) is 22.1. The van der Waals surface area contributed by atoms with Gasteiger partial charge in [0.2, 0.25) is 0 Å². The van der Waals surface area contributed by atoms with E-state index in [1.54, 1.807) is 0 Å². The molecule has 0 radical (unpaired) electrons. The van der Waals surface area contributed by atoms with Gasteiger partial charge in [-0.15, -0.1) is 13.2 Å². The summed E-state index contributed by atoms with van der Waals surface area (Å²) in [5.41, 5.74) is 16.6. The van der Waals surface area contributed by atoms with Crippen LogP contribution in [0, 0.1) is 11.8 Å². The average molecular weight is 597 g/mol. The number of allylic oxidation sites excluding steroid dienone is 23. The van der Waals surface area contributed by atoms with Crippen LogP contribution in [0.2, 0.25) is 0 Å². The Morgan fingerprint density at radius 2 is 1.96 bits per heavy atom. The van der Waals surface area contributed by atoms with Crippen molar-refractivity contribution in [3.8, 4) is 0 Å². The third-order valence-electron chi connectivity index (χ3n) is 8.75. The van der Waals surface area contributed by atoms with Gasteiger partial charge in [-0.1, -0.05) is 129 Å². The van der Waals surface area contributed by atoms with Gasteiger partial charge in [0.25, 0.3) is 0 Å². The average Bonchev–Trinajstić information content (AvgIpc) is 3.09. The molecule has 0 aromatic carbocycles.